The van der Waals surface area contributed by atoms with Gasteiger partial charge in [-0.15, -0.1) is 0 Å². The maximum atomic E-state index is 3.48. The third kappa shape index (κ3) is 2.96. The van der Waals surface area contributed by atoms with Crippen LogP contribution in [0, 0.1) is 5.92 Å². The molecule has 0 bridgehead atoms. The second-order valence-corrected chi connectivity index (χ2v) is 4.68. The Morgan fingerprint density at radius 3 is 2.38 bits per heavy atom. The lowest BCUT2D eigenvalue weighted by molar-refractivity contribution is 0.126. The van der Waals surface area contributed by atoms with Crippen LogP contribution < -0.4 is 5.32 Å². The Morgan fingerprint density at radius 2 is 1.85 bits per heavy atom. The van der Waals surface area contributed by atoms with Crippen molar-refractivity contribution in [2.75, 3.05) is 19.6 Å². The molecule has 78 valence electrons. The van der Waals surface area contributed by atoms with Gasteiger partial charge in [-0.1, -0.05) is 13.8 Å². The van der Waals surface area contributed by atoms with Gasteiger partial charge in [0.1, 0.15) is 0 Å². The summed E-state index contributed by atoms with van der Waals surface area (Å²) < 4.78 is 0. The average Bonchev–Trinajstić information content (AvgIpc) is 2.27. The molecule has 0 spiro atoms. The van der Waals surface area contributed by atoms with Crippen LogP contribution in [0.4, 0.5) is 0 Å². The van der Waals surface area contributed by atoms with Crippen LogP contribution in [0.5, 0.6) is 0 Å². The van der Waals surface area contributed by atoms with Gasteiger partial charge in [0.25, 0.3) is 0 Å². The summed E-state index contributed by atoms with van der Waals surface area (Å²) in [6.45, 7) is 12.8. The normalized spacial score (nSPS) is 26.8. The number of hydrogen-bond acceptors (Lipinski definition) is 2. The number of nitrogens with one attached hydrogen (secondary N) is 1. The molecule has 0 radical (unpaired) electrons. The van der Waals surface area contributed by atoms with Crippen LogP contribution in [0.1, 0.15) is 34.1 Å². The van der Waals surface area contributed by atoms with E-state index in [1.807, 2.05) is 0 Å². The Labute approximate surface area is 82.7 Å². The molecule has 1 unspecified atom stereocenters. The minimum Gasteiger partial charge on any atom is -0.315 e. The fourth-order valence-corrected chi connectivity index (χ4v) is 2.27. The van der Waals surface area contributed by atoms with Gasteiger partial charge in [0.05, 0.1) is 0 Å². The third-order valence-corrected chi connectivity index (χ3v) is 3.02. The molecule has 0 saturated carbocycles. The van der Waals surface area contributed by atoms with E-state index in [1.54, 1.807) is 0 Å². The Morgan fingerprint density at radius 1 is 1.15 bits per heavy atom. The molecule has 0 aromatic heterocycles. The zero-order chi connectivity index (χ0) is 9.84. The van der Waals surface area contributed by atoms with E-state index >= 15 is 0 Å². The highest BCUT2D eigenvalue weighted by molar-refractivity contribution is 4.81. The standard InChI is InChI=1S/C11H24N2/c1-9(2)11-5-6-12-7-8-13(11)10(3)4/h9-12H,5-8H2,1-4H3. The van der Waals surface area contributed by atoms with Gasteiger partial charge in [0, 0.05) is 25.2 Å². The van der Waals surface area contributed by atoms with Gasteiger partial charge in [0.15, 0.2) is 0 Å². The van der Waals surface area contributed by atoms with Crippen LogP contribution in [0.25, 0.3) is 0 Å². The summed E-state index contributed by atoms with van der Waals surface area (Å²) in [6.07, 6.45) is 1.30. The molecular formula is C11H24N2. The monoisotopic (exact) mass is 184 g/mol. The smallest absolute Gasteiger partial charge is 0.0134 e. The molecule has 1 heterocycles. The van der Waals surface area contributed by atoms with Gasteiger partial charge in [-0.05, 0) is 32.7 Å². The lowest BCUT2D eigenvalue weighted by Gasteiger charge is -2.35. The fourth-order valence-electron chi connectivity index (χ4n) is 2.27. The molecule has 1 atom stereocenters. The first-order chi connectivity index (χ1) is 6.13. The average molecular weight is 184 g/mol. The molecule has 1 saturated heterocycles. The largest absolute Gasteiger partial charge is 0.315 e. The maximum Gasteiger partial charge on any atom is 0.0134 e. The molecule has 1 rings (SSSR count). The second kappa shape index (κ2) is 4.97. The Kier molecular flexibility index (Phi) is 4.20. The highest BCUT2D eigenvalue weighted by Crippen LogP contribution is 2.18. The molecule has 0 amide bonds. The molecule has 13 heavy (non-hydrogen) atoms. The van der Waals surface area contributed by atoms with Crippen molar-refractivity contribution in [1.29, 1.82) is 0 Å². The van der Waals surface area contributed by atoms with Crippen molar-refractivity contribution < 1.29 is 0 Å². The first kappa shape index (κ1) is 11.0. The van der Waals surface area contributed by atoms with Crippen LogP contribution in [0.15, 0.2) is 0 Å². The molecule has 2 heteroatoms. The van der Waals surface area contributed by atoms with Gasteiger partial charge >= 0.3 is 0 Å². The van der Waals surface area contributed by atoms with Gasteiger partial charge in [-0.25, -0.2) is 0 Å². The Hall–Kier alpha value is -0.0800. The van der Waals surface area contributed by atoms with E-state index < -0.39 is 0 Å². The minimum absolute atomic E-state index is 0.687. The first-order valence-corrected chi connectivity index (χ1v) is 5.59. The van der Waals surface area contributed by atoms with Crippen molar-refractivity contribution in [3.8, 4) is 0 Å². The molecule has 0 aromatic rings. The molecular weight excluding hydrogens is 160 g/mol. The van der Waals surface area contributed by atoms with E-state index in [4.69, 9.17) is 0 Å². The summed E-state index contributed by atoms with van der Waals surface area (Å²) in [5.74, 6) is 0.780. The maximum absolute atomic E-state index is 3.48. The van der Waals surface area contributed by atoms with E-state index in [0.29, 0.717) is 6.04 Å². The molecule has 1 N–H and O–H groups in total. The summed E-state index contributed by atoms with van der Waals surface area (Å²) in [7, 11) is 0. The number of hydrogen-bond donors (Lipinski definition) is 1. The van der Waals surface area contributed by atoms with E-state index in [2.05, 4.69) is 37.9 Å². The van der Waals surface area contributed by atoms with Crippen LogP contribution in [-0.2, 0) is 0 Å². The highest BCUT2D eigenvalue weighted by atomic mass is 15.2. The zero-order valence-electron chi connectivity index (χ0n) is 9.51. The summed E-state index contributed by atoms with van der Waals surface area (Å²) in [5.41, 5.74) is 0. The topological polar surface area (TPSA) is 15.3 Å². The van der Waals surface area contributed by atoms with E-state index in [1.165, 1.54) is 19.5 Å². The van der Waals surface area contributed by atoms with Crippen LogP contribution >= 0.6 is 0 Å². The fraction of sp³-hybridized carbons (Fsp3) is 1.00. The van der Waals surface area contributed by atoms with E-state index in [-0.39, 0.29) is 0 Å². The number of nitrogens with zero attached hydrogens (tertiary/aromatic N) is 1. The molecule has 2 nitrogen and oxygen atoms in total. The molecule has 1 aliphatic rings. The summed E-state index contributed by atoms with van der Waals surface area (Å²) in [5, 5.41) is 3.48. The van der Waals surface area contributed by atoms with Crippen LogP contribution in [0.2, 0.25) is 0 Å². The third-order valence-electron chi connectivity index (χ3n) is 3.02. The molecule has 1 fully saturated rings. The molecule has 0 aromatic carbocycles. The lowest BCUT2D eigenvalue weighted by atomic mass is 9.98. The van der Waals surface area contributed by atoms with Crippen LogP contribution in [-0.4, -0.2) is 36.6 Å². The predicted octanol–water partition coefficient (Wildman–Crippen LogP) is 1.71. The Balaban J connectivity index is 2.61. The van der Waals surface area contributed by atoms with E-state index in [9.17, 15) is 0 Å². The van der Waals surface area contributed by atoms with Gasteiger partial charge in [-0.3, -0.25) is 4.90 Å². The van der Waals surface area contributed by atoms with Crippen molar-refractivity contribution in [2.45, 2.75) is 46.2 Å². The van der Waals surface area contributed by atoms with Crippen molar-refractivity contribution in [3.63, 3.8) is 0 Å². The minimum atomic E-state index is 0.687. The quantitative estimate of drug-likeness (QED) is 0.703. The SMILES string of the molecule is CC(C)C1CCNCCN1C(C)C. The van der Waals surface area contributed by atoms with Crippen LogP contribution in [0.3, 0.4) is 0 Å². The first-order valence-electron chi connectivity index (χ1n) is 5.59. The Bertz CT molecular complexity index is 127. The summed E-state index contributed by atoms with van der Waals surface area (Å²) >= 11 is 0. The summed E-state index contributed by atoms with van der Waals surface area (Å²) in [6, 6.07) is 1.46. The van der Waals surface area contributed by atoms with Gasteiger partial charge < -0.3 is 5.32 Å². The molecule has 1 aliphatic heterocycles. The van der Waals surface area contributed by atoms with Crippen molar-refractivity contribution in [1.82, 2.24) is 10.2 Å². The van der Waals surface area contributed by atoms with Gasteiger partial charge in [0.2, 0.25) is 0 Å². The van der Waals surface area contributed by atoms with Gasteiger partial charge in [-0.2, -0.15) is 0 Å². The predicted molar refractivity (Wildman–Crippen MR) is 58.0 cm³/mol. The number of rotatable bonds is 2. The molecule has 0 aliphatic carbocycles. The lowest BCUT2D eigenvalue weighted by Crippen LogP contribution is -2.43. The van der Waals surface area contributed by atoms with Crippen molar-refractivity contribution >= 4 is 0 Å². The zero-order valence-corrected chi connectivity index (χ0v) is 9.51. The second-order valence-electron chi connectivity index (χ2n) is 4.68. The van der Waals surface area contributed by atoms with E-state index in [0.717, 1.165) is 18.5 Å². The highest BCUT2D eigenvalue weighted by Gasteiger charge is 2.24. The summed E-state index contributed by atoms with van der Waals surface area (Å²) in [4.78, 5) is 2.64. The van der Waals surface area contributed by atoms with Crippen molar-refractivity contribution in [2.24, 2.45) is 5.92 Å². The van der Waals surface area contributed by atoms with Crippen molar-refractivity contribution in [3.05, 3.63) is 0 Å².